The molecule has 1 saturated heterocycles. The van der Waals surface area contributed by atoms with E-state index in [0.29, 0.717) is 23.6 Å². The Bertz CT molecular complexity index is 1210. The van der Waals surface area contributed by atoms with Crippen molar-refractivity contribution in [2.45, 2.75) is 26.8 Å². The van der Waals surface area contributed by atoms with Crippen LogP contribution in [0.1, 0.15) is 35.2 Å². The third-order valence-corrected chi connectivity index (χ3v) is 5.81. The van der Waals surface area contributed by atoms with Crippen molar-refractivity contribution >= 4 is 23.1 Å². The number of carbonyl (C=O) groups excluding carboxylic acids is 2. The van der Waals surface area contributed by atoms with Crippen LogP contribution in [0.3, 0.4) is 0 Å². The largest absolute Gasteiger partial charge is 0.507 e. The van der Waals surface area contributed by atoms with Crippen molar-refractivity contribution in [3.05, 3.63) is 101 Å². The SMILES string of the molecule is CCOc1cccc(/C(O)=C2\C(=O)C(=O)N(c3cccc(C)c3C)C2c2ccccc2)c1. The number of carbonyl (C=O) groups is 2. The van der Waals surface area contributed by atoms with Gasteiger partial charge in [-0.25, -0.2) is 0 Å². The zero-order valence-electron chi connectivity index (χ0n) is 18.3. The fourth-order valence-corrected chi connectivity index (χ4v) is 4.08. The number of ketones is 1. The Balaban J connectivity index is 1.94. The molecule has 0 spiro atoms. The van der Waals surface area contributed by atoms with Gasteiger partial charge in [0.05, 0.1) is 18.2 Å². The van der Waals surface area contributed by atoms with Crippen LogP contribution < -0.4 is 9.64 Å². The molecule has 1 fully saturated rings. The van der Waals surface area contributed by atoms with Crippen LogP contribution in [-0.2, 0) is 9.59 Å². The summed E-state index contributed by atoms with van der Waals surface area (Å²) in [6.45, 7) is 6.24. The average molecular weight is 428 g/mol. The van der Waals surface area contributed by atoms with E-state index in [-0.39, 0.29) is 11.3 Å². The molecule has 5 nitrogen and oxygen atoms in total. The number of aryl methyl sites for hydroxylation is 1. The van der Waals surface area contributed by atoms with Gasteiger partial charge < -0.3 is 9.84 Å². The molecule has 1 amide bonds. The van der Waals surface area contributed by atoms with E-state index in [4.69, 9.17) is 4.74 Å². The van der Waals surface area contributed by atoms with Crippen molar-refractivity contribution < 1.29 is 19.4 Å². The Morgan fingerprint density at radius 3 is 2.41 bits per heavy atom. The number of anilines is 1. The molecule has 1 unspecified atom stereocenters. The molecular weight excluding hydrogens is 402 g/mol. The first kappa shape index (κ1) is 21.4. The smallest absolute Gasteiger partial charge is 0.300 e. The van der Waals surface area contributed by atoms with E-state index in [1.54, 1.807) is 24.3 Å². The molecule has 4 rings (SSSR count). The van der Waals surface area contributed by atoms with E-state index in [1.807, 2.05) is 69.3 Å². The molecule has 32 heavy (non-hydrogen) atoms. The van der Waals surface area contributed by atoms with Gasteiger partial charge in [-0.2, -0.15) is 0 Å². The molecule has 3 aromatic rings. The highest BCUT2D eigenvalue weighted by atomic mass is 16.5. The van der Waals surface area contributed by atoms with Gasteiger partial charge in [0.25, 0.3) is 11.7 Å². The molecule has 0 bridgehead atoms. The van der Waals surface area contributed by atoms with Crippen molar-refractivity contribution in [1.82, 2.24) is 0 Å². The number of hydrogen-bond donors (Lipinski definition) is 1. The number of aliphatic hydroxyl groups is 1. The van der Waals surface area contributed by atoms with Gasteiger partial charge in [-0.05, 0) is 55.7 Å². The summed E-state index contributed by atoms with van der Waals surface area (Å²) in [5.41, 5.74) is 3.82. The summed E-state index contributed by atoms with van der Waals surface area (Å²) >= 11 is 0. The number of rotatable bonds is 5. The number of amides is 1. The molecule has 0 radical (unpaired) electrons. The summed E-state index contributed by atoms with van der Waals surface area (Å²) in [7, 11) is 0. The summed E-state index contributed by atoms with van der Waals surface area (Å²) in [5, 5.41) is 11.2. The Morgan fingerprint density at radius 2 is 1.69 bits per heavy atom. The van der Waals surface area contributed by atoms with Crippen molar-refractivity contribution in [3.63, 3.8) is 0 Å². The highest BCUT2D eigenvalue weighted by Gasteiger charge is 2.47. The van der Waals surface area contributed by atoms with Gasteiger partial charge in [0, 0.05) is 11.3 Å². The lowest BCUT2D eigenvalue weighted by atomic mass is 9.94. The monoisotopic (exact) mass is 427 g/mol. The Labute approximate surface area is 187 Å². The topological polar surface area (TPSA) is 66.8 Å². The fourth-order valence-electron chi connectivity index (χ4n) is 4.08. The van der Waals surface area contributed by atoms with Crippen molar-refractivity contribution in [2.75, 3.05) is 11.5 Å². The minimum Gasteiger partial charge on any atom is -0.507 e. The maximum absolute atomic E-state index is 13.3. The normalized spacial score (nSPS) is 17.6. The Morgan fingerprint density at radius 1 is 0.969 bits per heavy atom. The molecule has 5 heteroatoms. The minimum atomic E-state index is -0.743. The van der Waals surface area contributed by atoms with Crippen LogP contribution in [-0.4, -0.2) is 23.4 Å². The molecule has 0 saturated carbocycles. The Kier molecular flexibility index (Phi) is 5.82. The number of benzene rings is 3. The number of aliphatic hydroxyl groups excluding tert-OH is 1. The number of hydrogen-bond acceptors (Lipinski definition) is 4. The molecule has 1 aliphatic heterocycles. The summed E-state index contributed by atoms with van der Waals surface area (Å²) in [6.07, 6.45) is 0. The zero-order valence-corrected chi connectivity index (χ0v) is 18.3. The second-order valence-electron chi connectivity index (χ2n) is 7.76. The third-order valence-electron chi connectivity index (χ3n) is 5.81. The first-order valence-corrected chi connectivity index (χ1v) is 10.6. The maximum atomic E-state index is 13.3. The molecule has 1 heterocycles. The van der Waals surface area contributed by atoms with E-state index < -0.39 is 17.7 Å². The second-order valence-corrected chi connectivity index (χ2v) is 7.76. The van der Waals surface area contributed by atoms with Gasteiger partial charge in [0.1, 0.15) is 11.5 Å². The molecule has 0 aromatic heterocycles. The molecule has 0 aliphatic carbocycles. The lowest BCUT2D eigenvalue weighted by molar-refractivity contribution is -0.132. The van der Waals surface area contributed by atoms with E-state index in [0.717, 1.165) is 16.7 Å². The van der Waals surface area contributed by atoms with Gasteiger partial charge >= 0.3 is 0 Å². The van der Waals surface area contributed by atoms with Gasteiger partial charge in [-0.1, -0.05) is 54.6 Å². The predicted molar refractivity (Wildman–Crippen MR) is 125 cm³/mol. The first-order valence-electron chi connectivity index (χ1n) is 10.6. The molecular formula is C27H25NO4. The molecule has 1 N–H and O–H groups in total. The van der Waals surface area contributed by atoms with Crippen LogP contribution in [0.4, 0.5) is 5.69 Å². The van der Waals surface area contributed by atoms with E-state index in [2.05, 4.69) is 0 Å². The Hall–Kier alpha value is -3.86. The first-order chi connectivity index (χ1) is 15.4. The summed E-state index contributed by atoms with van der Waals surface area (Å²) in [6, 6.07) is 21.1. The highest BCUT2D eigenvalue weighted by Crippen LogP contribution is 2.43. The van der Waals surface area contributed by atoms with Gasteiger partial charge in [0.2, 0.25) is 0 Å². The van der Waals surface area contributed by atoms with Crippen LogP contribution in [0.25, 0.3) is 5.76 Å². The van der Waals surface area contributed by atoms with E-state index in [9.17, 15) is 14.7 Å². The average Bonchev–Trinajstić information content (AvgIpc) is 3.07. The summed E-state index contributed by atoms with van der Waals surface area (Å²) in [5.74, 6) is -1.00. The lowest BCUT2D eigenvalue weighted by Crippen LogP contribution is -2.30. The van der Waals surface area contributed by atoms with Crippen molar-refractivity contribution in [3.8, 4) is 5.75 Å². The van der Waals surface area contributed by atoms with Gasteiger partial charge in [-0.15, -0.1) is 0 Å². The number of nitrogens with zero attached hydrogens (tertiary/aromatic N) is 1. The molecule has 1 atom stereocenters. The van der Waals surface area contributed by atoms with E-state index in [1.165, 1.54) is 4.90 Å². The van der Waals surface area contributed by atoms with Crippen LogP contribution in [0, 0.1) is 13.8 Å². The highest BCUT2D eigenvalue weighted by molar-refractivity contribution is 6.51. The zero-order chi connectivity index (χ0) is 22.8. The standard InChI is InChI=1S/C27H25NO4/c1-4-32-21-14-9-13-20(16-21)25(29)23-24(19-11-6-5-7-12-19)28(27(31)26(23)30)22-15-8-10-17(2)18(22)3/h5-16,24,29H,4H2,1-3H3/b25-23+. The van der Waals surface area contributed by atoms with Crippen molar-refractivity contribution in [2.24, 2.45) is 0 Å². The summed E-state index contributed by atoms with van der Waals surface area (Å²) in [4.78, 5) is 28.0. The quantitative estimate of drug-likeness (QED) is 0.340. The molecule has 162 valence electrons. The van der Waals surface area contributed by atoms with Crippen LogP contribution in [0.15, 0.2) is 78.4 Å². The third kappa shape index (κ3) is 3.66. The van der Waals surface area contributed by atoms with Crippen LogP contribution in [0.2, 0.25) is 0 Å². The predicted octanol–water partition coefficient (Wildman–Crippen LogP) is 5.33. The number of Topliss-reactive ketones (excluding diaryl/α,β-unsaturated/α-hetero) is 1. The second kappa shape index (κ2) is 8.71. The van der Waals surface area contributed by atoms with Gasteiger partial charge in [0.15, 0.2) is 0 Å². The van der Waals surface area contributed by atoms with Gasteiger partial charge in [-0.3, -0.25) is 14.5 Å². The van der Waals surface area contributed by atoms with E-state index >= 15 is 0 Å². The van der Waals surface area contributed by atoms with Crippen LogP contribution in [0.5, 0.6) is 5.75 Å². The fraction of sp³-hybridized carbons (Fsp3) is 0.185. The number of ether oxygens (including phenoxy) is 1. The summed E-state index contributed by atoms with van der Waals surface area (Å²) < 4.78 is 5.54. The maximum Gasteiger partial charge on any atom is 0.300 e. The molecule has 1 aliphatic rings. The van der Waals surface area contributed by atoms with Crippen LogP contribution >= 0.6 is 0 Å². The minimum absolute atomic E-state index is 0.0655. The molecule has 3 aromatic carbocycles. The van der Waals surface area contributed by atoms with Crippen molar-refractivity contribution in [1.29, 1.82) is 0 Å². The lowest BCUT2D eigenvalue weighted by Gasteiger charge is -2.27.